The van der Waals surface area contributed by atoms with E-state index in [1.165, 1.54) is 11.1 Å². The van der Waals surface area contributed by atoms with E-state index >= 15 is 0 Å². The summed E-state index contributed by atoms with van der Waals surface area (Å²) < 4.78 is 14.1. The average molecular weight is 271 g/mol. The molecule has 20 heavy (non-hydrogen) atoms. The summed E-state index contributed by atoms with van der Waals surface area (Å²) in [6.07, 6.45) is 0.800. The van der Waals surface area contributed by atoms with Gasteiger partial charge in [-0.05, 0) is 38.4 Å². The highest BCUT2D eigenvalue weighted by Gasteiger charge is 2.15. The van der Waals surface area contributed by atoms with Gasteiger partial charge >= 0.3 is 0 Å². The Kier molecular flexibility index (Phi) is 4.91. The molecular formula is C18H22FN. The minimum Gasteiger partial charge on any atom is -0.310 e. The maximum Gasteiger partial charge on any atom is 0.128 e. The molecule has 106 valence electrons. The average Bonchev–Trinajstić information content (AvgIpc) is 2.43. The predicted molar refractivity (Wildman–Crippen MR) is 82.4 cm³/mol. The standard InChI is InChI=1S/C18H22FN/c1-4-20-18(12-15-8-5-13(2)6-9-15)16-11-14(3)7-10-17(16)19/h5-11,18,20H,4,12H2,1-3H3. The summed E-state index contributed by atoms with van der Waals surface area (Å²) in [4.78, 5) is 0. The summed E-state index contributed by atoms with van der Waals surface area (Å²) in [5.41, 5.74) is 4.32. The summed E-state index contributed by atoms with van der Waals surface area (Å²) in [7, 11) is 0. The summed E-state index contributed by atoms with van der Waals surface area (Å²) >= 11 is 0. The van der Waals surface area contributed by atoms with Gasteiger partial charge in [-0.15, -0.1) is 0 Å². The van der Waals surface area contributed by atoms with Crippen LogP contribution in [0.5, 0.6) is 0 Å². The van der Waals surface area contributed by atoms with Crippen LogP contribution in [-0.4, -0.2) is 6.54 Å². The lowest BCUT2D eigenvalue weighted by Gasteiger charge is -2.20. The lowest BCUT2D eigenvalue weighted by atomic mass is 9.96. The van der Waals surface area contributed by atoms with Crippen LogP contribution < -0.4 is 5.32 Å². The minimum atomic E-state index is -0.131. The van der Waals surface area contributed by atoms with E-state index < -0.39 is 0 Å². The van der Waals surface area contributed by atoms with Gasteiger partial charge in [0.25, 0.3) is 0 Å². The van der Waals surface area contributed by atoms with Crippen molar-refractivity contribution in [2.45, 2.75) is 33.2 Å². The Morgan fingerprint density at radius 1 is 1.00 bits per heavy atom. The second-order valence-electron chi connectivity index (χ2n) is 5.32. The van der Waals surface area contributed by atoms with E-state index in [2.05, 4.69) is 43.4 Å². The van der Waals surface area contributed by atoms with Crippen molar-refractivity contribution in [1.82, 2.24) is 5.32 Å². The van der Waals surface area contributed by atoms with Crippen LogP contribution in [0, 0.1) is 19.7 Å². The maximum atomic E-state index is 14.1. The molecule has 0 saturated carbocycles. The van der Waals surface area contributed by atoms with Crippen LogP contribution in [0.15, 0.2) is 42.5 Å². The fourth-order valence-electron chi connectivity index (χ4n) is 2.43. The van der Waals surface area contributed by atoms with Crippen LogP contribution in [-0.2, 0) is 6.42 Å². The zero-order valence-corrected chi connectivity index (χ0v) is 12.4. The Balaban J connectivity index is 2.26. The Morgan fingerprint density at radius 3 is 2.30 bits per heavy atom. The first kappa shape index (κ1) is 14.7. The van der Waals surface area contributed by atoms with E-state index in [-0.39, 0.29) is 11.9 Å². The Labute approximate surface area is 120 Å². The fourth-order valence-corrected chi connectivity index (χ4v) is 2.43. The Morgan fingerprint density at radius 2 is 1.65 bits per heavy atom. The van der Waals surface area contributed by atoms with Gasteiger partial charge in [-0.2, -0.15) is 0 Å². The van der Waals surface area contributed by atoms with Crippen molar-refractivity contribution < 1.29 is 4.39 Å². The number of rotatable bonds is 5. The highest BCUT2D eigenvalue weighted by atomic mass is 19.1. The topological polar surface area (TPSA) is 12.0 Å². The molecule has 0 aromatic heterocycles. The molecule has 2 aromatic rings. The number of benzene rings is 2. The second kappa shape index (κ2) is 6.67. The fraction of sp³-hybridized carbons (Fsp3) is 0.333. The summed E-state index contributed by atoms with van der Waals surface area (Å²) in [5, 5.41) is 3.39. The first-order valence-corrected chi connectivity index (χ1v) is 7.15. The molecule has 0 fully saturated rings. The monoisotopic (exact) mass is 271 g/mol. The molecule has 0 heterocycles. The molecular weight excluding hydrogens is 249 g/mol. The second-order valence-corrected chi connectivity index (χ2v) is 5.32. The van der Waals surface area contributed by atoms with Crippen molar-refractivity contribution >= 4 is 0 Å². The summed E-state index contributed by atoms with van der Waals surface area (Å²) in [6.45, 7) is 6.95. The van der Waals surface area contributed by atoms with Gasteiger partial charge in [0, 0.05) is 11.6 Å². The third kappa shape index (κ3) is 3.67. The van der Waals surface area contributed by atoms with Gasteiger partial charge in [0.2, 0.25) is 0 Å². The van der Waals surface area contributed by atoms with Crippen molar-refractivity contribution in [3.63, 3.8) is 0 Å². The zero-order chi connectivity index (χ0) is 14.5. The van der Waals surface area contributed by atoms with Gasteiger partial charge < -0.3 is 5.32 Å². The molecule has 1 N–H and O–H groups in total. The molecule has 0 spiro atoms. The van der Waals surface area contributed by atoms with Gasteiger partial charge in [-0.3, -0.25) is 0 Å². The molecule has 1 nitrogen and oxygen atoms in total. The normalized spacial score (nSPS) is 12.4. The number of aryl methyl sites for hydroxylation is 2. The number of nitrogens with one attached hydrogen (secondary N) is 1. The van der Waals surface area contributed by atoms with Gasteiger partial charge in [0.15, 0.2) is 0 Å². The van der Waals surface area contributed by atoms with E-state index in [0.717, 1.165) is 24.1 Å². The van der Waals surface area contributed by atoms with Gasteiger partial charge in [-0.25, -0.2) is 4.39 Å². The minimum absolute atomic E-state index is 0.0163. The van der Waals surface area contributed by atoms with E-state index in [9.17, 15) is 4.39 Å². The molecule has 2 aromatic carbocycles. The molecule has 0 bridgehead atoms. The highest BCUT2D eigenvalue weighted by molar-refractivity contribution is 5.30. The van der Waals surface area contributed by atoms with Crippen LogP contribution in [0.4, 0.5) is 4.39 Å². The largest absolute Gasteiger partial charge is 0.310 e. The van der Waals surface area contributed by atoms with Crippen LogP contribution in [0.25, 0.3) is 0 Å². The van der Waals surface area contributed by atoms with Crippen LogP contribution in [0.3, 0.4) is 0 Å². The number of hydrogen-bond donors (Lipinski definition) is 1. The van der Waals surface area contributed by atoms with Gasteiger partial charge in [0.05, 0.1) is 0 Å². The van der Waals surface area contributed by atoms with Crippen molar-refractivity contribution in [2.24, 2.45) is 0 Å². The third-order valence-corrected chi connectivity index (χ3v) is 3.54. The van der Waals surface area contributed by atoms with Gasteiger partial charge in [-0.1, -0.05) is 54.4 Å². The Bertz CT molecular complexity index is 560. The van der Waals surface area contributed by atoms with E-state index in [0.29, 0.717) is 0 Å². The summed E-state index contributed by atoms with van der Waals surface area (Å²) in [6, 6.07) is 13.8. The maximum absolute atomic E-state index is 14.1. The van der Waals surface area contributed by atoms with Crippen LogP contribution in [0.2, 0.25) is 0 Å². The summed E-state index contributed by atoms with van der Waals surface area (Å²) in [5.74, 6) is -0.131. The molecule has 0 radical (unpaired) electrons. The molecule has 1 atom stereocenters. The zero-order valence-electron chi connectivity index (χ0n) is 12.4. The quantitative estimate of drug-likeness (QED) is 0.853. The molecule has 2 heteroatoms. The number of likely N-dealkylation sites (N-methyl/N-ethyl adjacent to an activating group) is 1. The smallest absolute Gasteiger partial charge is 0.128 e. The molecule has 0 aliphatic carbocycles. The molecule has 2 rings (SSSR count). The lowest BCUT2D eigenvalue weighted by Crippen LogP contribution is -2.24. The highest BCUT2D eigenvalue weighted by Crippen LogP contribution is 2.22. The molecule has 0 saturated heterocycles. The van der Waals surface area contributed by atoms with E-state index in [1.54, 1.807) is 6.07 Å². The van der Waals surface area contributed by atoms with Crippen molar-refractivity contribution in [2.75, 3.05) is 6.54 Å². The molecule has 0 aliphatic heterocycles. The lowest BCUT2D eigenvalue weighted by molar-refractivity contribution is 0.509. The van der Waals surface area contributed by atoms with E-state index in [1.807, 2.05) is 19.1 Å². The first-order valence-electron chi connectivity index (χ1n) is 7.15. The molecule has 1 unspecified atom stereocenters. The van der Waals surface area contributed by atoms with Gasteiger partial charge in [0.1, 0.15) is 5.82 Å². The molecule has 0 amide bonds. The number of hydrogen-bond acceptors (Lipinski definition) is 1. The van der Waals surface area contributed by atoms with Crippen LogP contribution in [0.1, 0.15) is 35.2 Å². The number of halogens is 1. The predicted octanol–water partition coefficient (Wildman–Crippen LogP) is 4.34. The van der Waals surface area contributed by atoms with E-state index in [4.69, 9.17) is 0 Å². The van der Waals surface area contributed by atoms with Crippen molar-refractivity contribution in [3.8, 4) is 0 Å². The molecule has 0 aliphatic rings. The van der Waals surface area contributed by atoms with Crippen molar-refractivity contribution in [3.05, 3.63) is 70.5 Å². The SMILES string of the molecule is CCNC(Cc1ccc(C)cc1)c1cc(C)ccc1F. The third-order valence-electron chi connectivity index (χ3n) is 3.54. The Hall–Kier alpha value is -1.67. The first-order chi connectivity index (χ1) is 9.60. The van der Waals surface area contributed by atoms with Crippen molar-refractivity contribution in [1.29, 1.82) is 0 Å². The van der Waals surface area contributed by atoms with Crippen LogP contribution >= 0.6 is 0 Å².